The van der Waals surface area contributed by atoms with Gasteiger partial charge in [0.1, 0.15) is 5.75 Å². The molecule has 0 aliphatic carbocycles. The van der Waals surface area contributed by atoms with E-state index >= 15 is 0 Å². The number of rotatable bonds is 2. The molecule has 3 rings (SSSR count). The number of ether oxygens (including phenoxy) is 1. The van der Waals surface area contributed by atoms with Gasteiger partial charge in [0, 0.05) is 5.92 Å². The van der Waals surface area contributed by atoms with Gasteiger partial charge in [-0.25, -0.2) is 0 Å². The lowest BCUT2D eigenvalue weighted by Crippen LogP contribution is -2.21. The number of hydrogen-bond donors (Lipinski definition) is 0. The second kappa shape index (κ2) is 4.65. The Labute approximate surface area is 106 Å². The van der Waals surface area contributed by atoms with Gasteiger partial charge < -0.3 is 4.74 Å². The minimum absolute atomic E-state index is 0.130. The molecule has 18 heavy (non-hydrogen) atoms. The Hall–Kier alpha value is -2.09. The lowest BCUT2D eigenvalue weighted by molar-refractivity contribution is -0.135. The summed E-state index contributed by atoms with van der Waals surface area (Å²) in [5, 5.41) is 0. The van der Waals surface area contributed by atoms with Crippen LogP contribution in [0.2, 0.25) is 0 Å². The summed E-state index contributed by atoms with van der Waals surface area (Å²) < 4.78 is 5.26. The van der Waals surface area contributed by atoms with Crippen molar-refractivity contribution in [1.29, 1.82) is 0 Å². The van der Waals surface area contributed by atoms with E-state index in [-0.39, 0.29) is 11.9 Å². The fraction of sp³-hybridized carbons (Fsp3) is 0.188. The number of carbonyl (C=O) groups excluding carboxylic acids is 1. The number of esters is 1. The lowest BCUT2D eigenvalue weighted by atomic mass is 9.87. The first-order chi connectivity index (χ1) is 8.83. The molecule has 2 heteroatoms. The summed E-state index contributed by atoms with van der Waals surface area (Å²) in [7, 11) is 0. The van der Waals surface area contributed by atoms with E-state index < -0.39 is 0 Å². The molecular weight excluding hydrogens is 224 g/mol. The summed E-state index contributed by atoms with van der Waals surface area (Å²) in [6, 6.07) is 18.1. The fourth-order valence-electron chi connectivity index (χ4n) is 2.47. The average molecular weight is 238 g/mol. The maximum Gasteiger partial charge on any atom is 0.311 e. The number of para-hydroxylation sites is 1. The molecule has 2 nitrogen and oxygen atoms in total. The predicted molar refractivity (Wildman–Crippen MR) is 69.6 cm³/mol. The molecule has 0 saturated heterocycles. The van der Waals surface area contributed by atoms with Crippen molar-refractivity contribution in [3.05, 3.63) is 65.7 Å². The van der Waals surface area contributed by atoms with E-state index in [2.05, 4.69) is 18.2 Å². The van der Waals surface area contributed by atoms with Crippen LogP contribution in [0.15, 0.2) is 54.6 Å². The minimum atomic E-state index is -0.130. The van der Waals surface area contributed by atoms with Crippen LogP contribution in [0.25, 0.3) is 0 Å². The van der Waals surface area contributed by atoms with Crippen LogP contribution in [0, 0.1) is 0 Å². The molecule has 0 bridgehead atoms. The van der Waals surface area contributed by atoms with Crippen molar-refractivity contribution in [2.75, 3.05) is 0 Å². The van der Waals surface area contributed by atoms with Gasteiger partial charge in [0.25, 0.3) is 0 Å². The van der Waals surface area contributed by atoms with Crippen LogP contribution in [0.1, 0.15) is 23.5 Å². The molecule has 1 aliphatic heterocycles. The summed E-state index contributed by atoms with van der Waals surface area (Å²) in [4.78, 5) is 11.6. The first-order valence-corrected chi connectivity index (χ1v) is 6.16. The van der Waals surface area contributed by atoms with Gasteiger partial charge in [-0.05, 0) is 23.6 Å². The van der Waals surface area contributed by atoms with Crippen molar-refractivity contribution >= 4 is 5.97 Å². The molecular formula is C16H14O2. The topological polar surface area (TPSA) is 26.3 Å². The van der Waals surface area contributed by atoms with Crippen molar-refractivity contribution in [3.8, 4) is 5.75 Å². The highest BCUT2D eigenvalue weighted by molar-refractivity contribution is 5.76. The lowest BCUT2D eigenvalue weighted by Gasteiger charge is -2.24. The van der Waals surface area contributed by atoms with Crippen LogP contribution in [0.3, 0.4) is 0 Å². The zero-order valence-corrected chi connectivity index (χ0v) is 10.0. The molecule has 1 atom stereocenters. The molecule has 0 spiro atoms. The number of fused-ring (bicyclic) bond motifs is 1. The normalized spacial score (nSPS) is 18.0. The molecule has 0 unspecified atom stereocenters. The van der Waals surface area contributed by atoms with Gasteiger partial charge in [-0.2, -0.15) is 0 Å². The average Bonchev–Trinajstić information content (AvgIpc) is 2.40. The first kappa shape index (κ1) is 11.0. The van der Waals surface area contributed by atoms with Crippen molar-refractivity contribution in [3.63, 3.8) is 0 Å². The maximum atomic E-state index is 11.6. The van der Waals surface area contributed by atoms with Crippen LogP contribution in [0.5, 0.6) is 5.75 Å². The SMILES string of the molecule is O=C1C[C@@H](Cc2ccccc2)c2ccccc2O1. The third-order valence-electron chi connectivity index (χ3n) is 3.32. The summed E-state index contributed by atoms with van der Waals surface area (Å²) in [6.45, 7) is 0. The quantitative estimate of drug-likeness (QED) is 0.592. The van der Waals surface area contributed by atoms with Gasteiger partial charge in [0.2, 0.25) is 0 Å². The highest BCUT2D eigenvalue weighted by Crippen LogP contribution is 2.35. The van der Waals surface area contributed by atoms with Crippen molar-refractivity contribution in [2.24, 2.45) is 0 Å². The molecule has 2 aromatic rings. The Morgan fingerprint density at radius 3 is 2.56 bits per heavy atom. The number of carbonyl (C=O) groups is 1. The fourth-order valence-corrected chi connectivity index (χ4v) is 2.47. The summed E-state index contributed by atoms with van der Waals surface area (Å²) in [5.41, 5.74) is 2.40. The molecule has 0 radical (unpaired) electrons. The van der Waals surface area contributed by atoms with E-state index in [1.807, 2.05) is 36.4 Å². The molecule has 2 aromatic carbocycles. The molecule has 1 heterocycles. The molecule has 0 amide bonds. The molecule has 0 fully saturated rings. The number of benzene rings is 2. The van der Waals surface area contributed by atoms with E-state index in [4.69, 9.17) is 4.74 Å². The molecule has 0 aromatic heterocycles. The summed E-state index contributed by atoms with van der Waals surface area (Å²) in [5.74, 6) is 0.814. The molecule has 90 valence electrons. The van der Waals surface area contributed by atoms with E-state index in [0.29, 0.717) is 6.42 Å². The molecule has 1 aliphatic rings. The largest absolute Gasteiger partial charge is 0.426 e. The maximum absolute atomic E-state index is 11.6. The zero-order chi connectivity index (χ0) is 12.4. The summed E-state index contributed by atoms with van der Waals surface area (Å²) >= 11 is 0. The first-order valence-electron chi connectivity index (χ1n) is 6.16. The Morgan fingerprint density at radius 2 is 1.72 bits per heavy atom. The highest BCUT2D eigenvalue weighted by Gasteiger charge is 2.26. The third kappa shape index (κ3) is 2.14. The Kier molecular flexibility index (Phi) is 2.85. The van der Waals surface area contributed by atoms with Crippen LogP contribution >= 0.6 is 0 Å². The molecule has 0 N–H and O–H groups in total. The Bertz CT molecular complexity index is 560. The minimum Gasteiger partial charge on any atom is -0.426 e. The van der Waals surface area contributed by atoms with Gasteiger partial charge >= 0.3 is 5.97 Å². The zero-order valence-electron chi connectivity index (χ0n) is 10.0. The predicted octanol–water partition coefficient (Wildman–Crippen LogP) is 3.32. The van der Waals surface area contributed by atoms with E-state index in [0.717, 1.165) is 17.7 Å². The van der Waals surface area contributed by atoms with Crippen LogP contribution in [-0.2, 0) is 11.2 Å². The standard InChI is InChI=1S/C16H14O2/c17-16-11-13(10-12-6-2-1-3-7-12)14-8-4-5-9-15(14)18-16/h1-9,13H,10-11H2/t13-/m1/s1. The van der Waals surface area contributed by atoms with Crippen LogP contribution < -0.4 is 4.74 Å². The monoisotopic (exact) mass is 238 g/mol. The second-order valence-electron chi connectivity index (χ2n) is 4.60. The van der Waals surface area contributed by atoms with Gasteiger partial charge in [0.05, 0.1) is 6.42 Å². The number of hydrogen-bond acceptors (Lipinski definition) is 2. The third-order valence-corrected chi connectivity index (χ3v) is 3.32. The smallest absolute Gasteiger partial charge is 0.311 e. The van der Waals surface area contributed by atoms with E-state index in [1.54, 1.807) is 0 Å². The van der Waals surface area contributed by atoms with Crippen LogP contribution in [0.4, 0.5) is 0 Å². The van der Waals surface area contributed by atoms with Crippen molar-refractivity contribution in [2.45, 2.75) is 18.8 Å². The second-order valence-corrected chi connectivity index (χ2v) is 4.60. The Balaban J connectivity index is 1.91. The van der Waals surface area contributed by atoms with E-state index in [1.165, 1.54) is 5.56 Å². The summed E-state index contributed by atoms with van der Waals surface area (Å²) in [6.07, 6.45) is 1.35. The van der Waals surface area contributed by atoms with E-state index in [9.17, 15) is 4.79 Å². The highest BCUT2D eigenvalue weighted by atomic mass is 16.5. The van der Waals surface area contributed by atoms with Gasteiger partial charge in [-0.15, -0.1) is 0 Å². The molecule has 0 saturated carbocycles. The van der Waals surface area contributed by atoms with Crippen molar-refractivity contribution in [1.82, 2.24) is 0 Å². The van der Waals surface area contributed by atoms with Gasteiger partial charge in [-0.1, -0.05) is 48.5 Å². The van der Waals surface area contributed by atoms with Crippen molar-refractivity contribution < 1.29 is 9.53 Å². The Morgan fingerprint density at radius 1 is 1.00 bits per heavy atom. The van der Waals surface area contributed by atoms with Gasteiger partial charge in [0.15, 0.2) is 0 Å². The van der Waals surface area contributed by atoms with Crippen LogP contribution in [-0.4, -0.2) is 5.97 Å². The van der Waals surface area contributed by atoms with Gasteiger partial charge in [-0.3, -0.25) is 4.79 Å².